The van der Waals surface area contributed by atoms with E-state index in [-0.39, 0.29) is 30.7 Å². The molecule has 116 valence electrons. The van der Waals surface area contributed by atoms with E-state index >= 15 is 0 Å². The Morgan fingerprint density at radius 2 is 1.90 bits per heavy atom. The highest BCUT2D eigenvalue weighted by molar-refractivity contribution is 6.13. The van der Waals surface area contributed by atoms with Crippen molar-refractivity contribution < 1.29 is 19.1 Å². The van der Waals surface area contributed by atoms with Crippen molar-refractivity contribution in [1.29, 1.82) is 0 Å². The maximum Gasteiger partial charge on any atom is 0.253 e. The van der Waals surface area contributed by atoms with Gasteiger partial charge >= 0.3 is 0 Å². The van der Waals surface area contributed by atoms with Crippen LogP contribution >= 0.6 is 0 Å². The summed E-state index contributed by atoms with van der Waals surface area (Å²) in [6, 6.07) is 0. The van der Waals surface area contributed by atoms with Crippen LogP contribution in [0.2, 0.25) is 0 Å². The van der Waals surface area contributed by atoms with E-state index in [2.05, 4.69) is 10.6 Å². The molecular formula is C13H22BN3O4. The zero-order valence-electron chi connectivity index (χ0n) is 12.4. The summed E-state index contributed by atoms with van der Waals surface area (Å²) in [4.78, 5) is 35.2. The van der Waals surface area contributed by atoms with Gasteiger partial charge in [-0.3, -0.25) is 19.3 Å². The standard InChI is InChI=1S/C13H22BN3O4/c14-10-21-9-7-15-5-1-6-16-11(18)4-8-17-12(19)2-3-13(17)20/h2-3,15H,1,4-10,14H2,(H,16,18). The minimum absolute atomic E-state index is 0.128. The first-order valence-electron chi connectivity index (χ1n) is 7.24. The number of hydrogen-bond donors (Lipinski definition) is 2. The molecule has 0 spiro atoms. The number of carbonyl (C=O) groups excluding carboxylic acids is 3. The third kappa shape index (κ3) is 7.05. The van der Waals surface area contributed by atoms with Gasteiger partial charge in [0.1, 0.15) is 7.85 Å². The summed E-state index contributed by atoms with van der Waals surface area (Å²) in [7, 11) is 1.95. The van der Waals surface area contributed by atoms with Crippen molar-refractivity contribution in [3.8, 4) is 0 Å². The number of rotatable bonds is 11. The maximum atomic E-state index is 11.6. The molecule has 1 aliphatic rings. The molecule has 0 saturated heterocycles. The lowest BCUT2D eigenvalue weighted by molar-refractivity contribution is -0.137. The van der Waals surface area contributed by atoms with Crippen LogP contribution in [0, 0.1) is 0 Å². The Labute approximate surface area is 125 Å². The van der Waals surface area contributed by atoms with Crippen molar-refractivity contribution in [3.63, 3.8) is 0 Å². The van der Waals surface area contributed by atoms with Crippen LogP contribution in [0.5, 0.6) is 0 Å². The first kappa shape index (κ1) is 17.4. The second-order valence-corrected chi connectivity index (χ2v) is 4.56. The molecule has 1 rings (SSSR count). The molecule has 0 aromatic carbocycles. The van der Waals surface area contributed by atoms with Crippen LogP contribution in [0.25, 0.3) is 0 Å². The zero-order valence-corrected chi connectivity index (χ0v) is 12.4. The SMILES string of the molecule is BCOCCNCCCNC(=O)CCN1C(=O)C=CC1=O. The van der Waals surface area contributed by atoms with Gasteiger partial charge < -0.3 is 15.4 Å². The van der Waals surface area contributed by atoms with Gasteiger partial charge in [-0.25, -0.2) is 0 Å². The number of carbonyl (C=O) groups is 3. The van der Waals surface area contributed by atoms with Crippen LogP contribution in [0.3, 0.4) is 0 Å². The van der Waals surface area contributed by atoms with Gasteiger partial charge in [-0.2, -0.15) is 0 Å². The molecule has 0 bridgehead atoms. The third-order valence-electron chi connectivity index (χ3n) is 2.94. The summed E-state index contributed by atoms with van der Waals surface area (Å²) in [5.41, 5.74) is 0. The molecule has 2 N–H and O–H groups in total. The molecule has 0 aromatic heterocycles. The summed E-state index contributed by atoms with van der Waals surface area (Å²) in [6.45, 7) is 3.71. The number of amides is 3. The molecule has 0 aliphatic carbocycles. The first-order chi connectivity index (χ1) is 10.1. The van der Waals surface area contributed by atoms with E-state index in [1.165, 1.54) is 12.2 Å². The summed E-state index contributed by atoms with van der Waals surface area (Å²) < 4.78 is 5.18. The monoisotopic (exact) mass is 295 g/mol. The number of nitrogens with one attached hydrogen (secondary N) is 2. The Morgan fingerprint density at radius 1 is 1.19 bits per heavy atom. The second kappa shape index (κ2) is 10.1. The highest BCUT2D eigenvalue weighted by Gasteiger charge is 2.23. The molecular weight excluding hydrogens is 273 g/mol. The lowest BCUT2D eigenvalue weighted by atomic mass is 10.2. The molecule has 21 heavy (non-hydrogen) atoms. The highest BCUT2D eigenvalue weighted by atomic mass is 16.5. The molecule has 0 aromatic rings. The fourth-order valence-electron chi connectivity index (χ4n) is 1.81. The zero-order chi connectivity index (χ0) is 15.5. The van der Waals surface area contributed by atoms with E-state index in [1.807, 2.05) is 7.85 Å². The summed E-state index contributed by atoms with van der Waals surface area (Å²) in [6.07, 6.45) is 3.39. The molecule has 0 atom stereocenters. The normalized spacial score (nSPS) is 14.0. The molecule has 0 saturated carbocycles. The summed E-state index contributed by atoms with van der Waals surface area (Å²) >= 11 is 0. The number of hydrogen-bond acceptors (Lipinski definition) is 5. The molecule has 0 radical (unpaired) electrons. The van der Waals surface area contributed by atoms with Crippen LogP contribution in [0.1, 0.15) is 12.8 Å². The van der Waals surface area contributed by atoms with Crippen LogP contribution in [0.15, 0.2) is 12.2 Å². The Morgan fingerprint density at radius 3 is 2.57 bits per heavy atom. The number of ether oxygens (including phenoxy) is 1. The molecule has 8 heteroatoms. The van der Waals surface area contributed by atoms with Gasteiger partial charge in [0.05, 0.1) is 6.61 Å². The number of nitrogens with zero attached hydrogens (tertiary/aromatic N) is 1. The fourth-order valence-corrected chi connectivity index (χ4v) is 1.81. The van der Waals surface area contributed by atoms with E-state index in [0.717, 1.165) is 30.9 Å². The van der Waals surface area contributed by atoms with Crippen LogP contribution < -0.4 is 10.6 Å². The highest BCUT2D eigenvalue weighted by Crippen LogP contribution is 2.03. The lowest BCUT2D eigenvalue weighted by Crippen LogP contribution is -2.35. The average molecular weight is 295 g/mol. The van der Waals surface area contributed by atoms with Crippen molar-refractivity contribution in [2.45, 2.75) is 12.8 Å². The van der Waals surface area contributed by atoms with E-state index < -0.39 is 0 Å². The Kier molecular flexibility index (Phi) is 8.38. The Bertz CT molecular complexity index is 383. The van der Waals surface area contributed by atoms with Gasteiger partial charge in [0, 0.05) is 44.7 Å². The van der Waals surface area contributed by atoms with Gasteiger partial charge in [0.15, 0.2) is 0 Å². The van der Waals surface area contributed by atoms with Crippen molar-refractivity contribution >= 4 is 25.6 Å². The largest absolute Gasteiger partial charge is 0.389 e. The minimum atomic E-state index is -0.355. The first-order valence-corrected chi connectivity index (χ1v) is 7.24. The van der Waals surface area contributed by atoms with E-state index in [1.54, 1.807) is 0 Å². The smallest absolute Gasteiger partial charge is 0.253 e. The van der Waals surface area contributed by atoms with Gasteiger partial charge in [0.25, 0.3) is 11.8 Å². The summed E-state index contributed by atoms with van der Waals surface area (Å²) in [5, 5.41) is 5.96. The van der Waals surface area contributed by atoms with Gasteiger partial charge in [-0.05, 0) is 13.0 Å². The number of imide groups is 1. The maximum absolute atomic E-state index is 11.6. The van der Waals surface area contributed by atoms with Crippen molar-refractivity contribution in [2.75, 3.05) is 39.3 Å². The molecule has 0 fully saturated rings. The topological polar surface area (TPSA) is 87.7 Å². The fraction of sp³-hybridized carbons (Fsp3) is 0.615. The van der Waals surface area contributed by atoms with E-state index in [4.69, 9.17) is 4.74 Å². The average Bonchev–Trinajstić information content (AvgIpc) is 2.78. The Balaban J connectivity index is 1.97. The third-order valence-corrected chi connectivity index (χ3v) is 2.94. The van der Waals surface area contributed by atoms with Crippen LogP contribution in [-0.4, -0.2) is 69.8 Å². The van der Waals surface area contributed by atoms with Gasteiger partial charge in [0.2, 0.25) is 5.91 Å². The predicted octanol–water partition coefficient (Wildman–Crippen LogP) is -2.00. The Hall–Kier alpha value is -1.67. The summed E-state index contributed by atoms with van der Waals surface area (Å²) in [5.74, 6) is -0.866. The minimum Gasteiger partial charge on any atom is -0.389 e. The molecule has 1 heterocycles. The molecule has 0 unspecified atom stereocenters. The van der Waals surface area contributed by atoms with Crippen molar-refractivity contribution in [1.82, 2.24) is 15.5 Å². The van der Waals surface area contributed by atoms with Crippen LogP contribution in [-0.2, 0) is 19.1 Å². The van der Waals surface area contributed by atoms with Gasteiger partial charge in [-0.15, -0.1) is 0 Å². The van der Waals surface area contributed by atoms with E-state index in [9.17, 15) is 14.4 Å². The van der Waals surface area contributed by atoms with Crippen molar-refractivity contribution in [3.05, 3.63) is 12.2 Å². The second-order valence-electron chi connectivity index (χ2n) is 4.56. The van der Waals surface area contributed by atoms with Gasteiger partial charge in [-0.1, -0.05) is 0 Å². The molecule has 1 aliphatic heterocycles. The van der Waals surface area contributed by atoms with Crippen molar-refractivity contribution in [2.24, 2.45) is 0 Å². The van der Waals surface area contributed by atoms with Crippen LogP contribution in [0.4, 0.5) is 0 Å². The van der Waals surface area contributed by atoms with E-state index in [0.29, 0.717) is 13.2 Å². The molecule has 3 amide bonds. The molecule has 7 nitrogen and oxygen atoms in total. The quantitative estimate of drug-likeness (QED) is 0.262. The predicted molar refractivity (Wildman–Crippen MR) is 80.3 cm³/mol. The lowest BCUT2D eigenvalue weighted by Gasteiger charge is -2.13.